The third-order valence-electron chi connectivity index (χ3n) is 4.63. The van der Waals surface area contributed by atoms with Gasteiger partial charge in [-0.15, -0.1) is 11.3 Å². The van der Waals surface area contributed by atoms with Crippen LogP contribution in [0, 0.1) is 23.2 Å². The number of ether oxygens (including phenoxy) is 1. The quantitative estimate of drug-likeness (QED) is 0.340. The highest BCUT2D eigenvalue weighted by atomic mass is 32.1. The number of nitriles is 1. The Morgan fingerprint density at radius 1 is 1.28 bits per heavy atom. The Morgan fingerprint density at radius 3 is 2.76 bits per heavy atom. The number of hydrogen-bond donors (Lipinski definition) is 0. The van der Waals surface area contributed by atoms with E-state index in [0.717, 1.165) is 41.3 Å². The number of benzene rings is 1. The van der Waals surface area contributed by atoms with Gasteiger partial charge >= 0.3 is 5.97 Å². The first-order chi connectivity index (χ1) is 12.2. The summed E-state index contributed by atoms with van der Waals surface area (Å²) in [5.74, 6) is -0.211. The van der Waals surface area contributed by atoms with Crippen molar-refractivity contribution >= 4 is 39.3 Å². The van der Waals surface area contributed by atoms with Crippen LogP contribution in [0.5, 0.6) is 0 Å². The molecule has 0 saturated heterocycles. The Bertz CT molecular complexity index is 926. The summed E-state index contributed by atoms with van der Waals surface area (Å²) in [5, 5.41) is 12.0. The van der Waals surface area contributed by atoms with Crippen molar-refractivity contribution in [1.29, 1.82) is 5.26 Å². The number of Topliss-reactive ketones (excluding diaryl/α,β-unsaturated/α-hetero) is 1. The fourth-order valence-corrected chi connectivity index (χ4v) is 3.78. The lowest BCUT2D eigenvalue weighted by Crippen LogP contribution is -2.18. The predicted octanol–water partition coefficient (Wildman–Crippen LogP) is 4.09. The molecule has 0 amide bonds. The summed E-state index contributed by atoms with van der Waals surface area (Å²) in [6.45, 7) is 0.400. The molecule has 1 heterocycles. The van der Waals surface area contributed by atoms with Gasteiger partial charge in [-0.3, -0.25) is 4.79 Å². The molecule has 2 aliphatic rings. The summed E-state index contributed by atoms with van der Waals surface area (Å²) in [6.07, 6.45) is 5.52. The van der Waals surface area contributed by atoms with Crippen LogP contribution in [0.25, 0.3) is 16.2 Å². The Kier molecular flexibility index (Phi) is 4.14. The molecule has 4 rings (SSSR count). The number of fused-ring (bicyclic) bond motifs is 1. The van der Waals surface area contributed by atoms with E-state index in [0.29, 0.717) is 18.1 Å². The van der Waals surface area contributed by atoms with Crippen LogP contribution in [0.15, 0.2) is 29.2 Å². The Labute approximate surface area is 149 Å². The molecule has 2 fully saturated rings. The third kappa shape index (κ3) is 3.35. The van der Waals surface area contributed by atoms with Crippen molar-refractivity contribution in [2.75, 3.05) is 6.61 Å². The summed E-state index contributed by atoms with van der Waals surface area (Å²) < 4.78 is 6.23. The molecule has 0 atom stereocenters. The van der Waals surface area contributed by atoms with Gasteiger partial charge in [-0.2, -0.15) is 5.26 Å². The van der Waals surface area contributed by atoms with Crippen molar-refractivity contribution in [1.82, 2.24) is 0 Å². The maximum Gasteiger partial charge on any atom is 0.341 e. The highest BCUT2D eigenvalue weighted by molar-refractivity contribution is 7.17. The monoisotopic (exact) mass is 351 g/mol. The van der Waals surface area contributed by atoms with E-state index in [1.54, 1.807) is 12.1 Å². The van der Waals surface area contributed by atoms with Gasteiger partial charge in [0.1, 0.15) is 11.6 Å². The minimum Gasteiger partial charge on any atom is -0.462 e. The van der Waals surface area contributed by atoms with Gasteiger partial charge < -0.3 is 4.74 Å². The molecule has 25 heavy (non-hydrogen) atoms. The Morgan fingerprint density at radius 2 is 2.08 bits per heavy atom. The van der Waals surface area contributed by atoms with Crippen molar-refractivity contribution in [3.63, 3.8) is 0 Å². The van der Waals surface area contributed by atoms with Gasteiger partial charge in [0.05, 0.1) is 16.9 Å². The number of carbonyl (C=O) groups excluding carboxylic acids is 2. The molecule has 0 radical (unpaired) electrons. The SMILES string of the molecule is N#Cc1cccc2c(/C=C(\C(=O)OCC3CC3)C(=O)C3CC3)csc12. The van der Waals surface area contributed by atoms with Gasteiger partial charge in [-0.05, 0) is 54.7 Å². The van der Waals surface area contributed by atoms with E-state index in [9.17, 15) is 14.9 Å². The summed E-state index contributed by atoms with van der Waals surface area (Å²) in [5.41, 5.74) is 1.54. The van der Waals surface area contributed by atoms with Crippen LogP contribution < -0.4 is 0 Å². The van der Waals surface area contributed by atoms with Gasteiger partial charge in [0, 0.05) is 11.3 Å². The first-order valence-electron chi connectivity index (χ1n) is 8.50. The molecular formula is C20H17NO3S. The second kappa shape index (κ2) is 6.45. The number of esters is 1. The second-order valence-corrected chi connectivity index (χ2v) is 7.60. The number of hydrogen-bond acceptors (Lipinski definition) is 5. The zero-order valence-corrected chi connectivity index (χ0v) is 14.5. The van der Waals surface area contributed by atoms with Crippen LogP contribution in [0.4, 0.5) is 0 Å². The molecule has 0 aliphatic heterocycles. The fraction of sp³-hybridized carbons (Fsp3) is 0.350. The van der Waals surface area contributed by atoms with Crippen LogP contribution >= 0.6 is 11.3 Å². The molecule has 2 aliphatic carbocycles. The number of rotatable bonds is 6. The van der Waals surface area contributed by atoms with E-state index in [1.807, 2.05) is 17.5 Å². The van der Waals surface area contributed by atoms with Crippen LogP contribution in [-0.4, -0.2) is 18.4 Å². The van der Waals surface area contributed by atoms with E-state index >= 15 is 0 Å². The summed E-state index contributed by atoms with van der Waals surface area (Å²) in [7, 11) is 0. The van der Waals surface area contributed by atoms with Gasteiger partial charge in [-0.1, -0.05) is 12.1 Å². The van der Waals surface area contributed by atoms with E-state index < -0.39 is 5.97 Å². The molecule has 4 nitrogen and oxygen atoms in total. The highest BCUT2D eigenvalue weighted by Crippen LogP contribution is 2.35. The van der Waals surface area contributed by atoms with Crippen molar-refractivity contribution in [2.45, 2.75) is 25.7 Å². The number of nitrogens with zero attached hydrogens (tertiary/aromatic N) is 1. The van der Waals surface area contributed by atoms with Crippen molar-refractivity contribution in [3.8, 4) is 6.07 Å². The first kappa shape index (κ1) is 16.0. The minimum atomic E-state index is -0.514. The van der Waals surface area contributed by atoms with E-state index in [4.69, 9.17) is 4.74 Å². The number of thiophene rings is 1. The molecule has 0 N–H and O–H groups in total. The first-order valence-corrected chi connectivity index (χ1v) is 9.38. The third-order valence-corrected chi connectivity index (χ3v) is 5.68. The maximum atomic E-state index is 12.6. The van der Waals surface area contributed by atoms with Gasteiger partial charge in [0.2, 0.25) is 0 Å². The molecule has 1 aromatic heterocycles. The fourth-order valence-electron chi connectivity index (χ4n) is 2.78. The van der Waals surface area contributed by atoms with Crippen molar-refractivity contribution in [3.05, 3.63) is 40.3 Å². The van der Waals surface area contributed by atoms with Crippen LogP contribution in [0.3, 0.4) is 0 Å². The molecule has 0 spiro atoms. The molecule has 0 unspecified atom stereocenters. The van der Waals surface area contributed by atoms with Crippen LogP contribution in [0.1, 0.15) is 36.8 Å². The van der Waals surface area contributed by atoms with E-state index in [2.05, 4.69) is 6.07 Å². The normalized spacial score (nSPS) is 17.3. The molecule has 2 saturated carbocycles. The highest BCUT2D eigenvalue weighted by Gasteiger charge is 2.35. The Hall–Kier alpha value is -2.45. The average molecular weight is 351 g/mol. The van der Waals surface area contributed by atoms with Crippen LogP contribution in [0.2, 0.25) is 0 Å². The summed E-state index contributed by atoms with van der Waals surface area (Å²) in [4.78, 5) is 25.0. The largest absolute Gasteiger partial charge is 0.462 e. The minimum absolute atomic E-state index is 0.0423. The van der Waals surface area contributed by atoms with Crippen LogP contribution in [-0.2, 0) is 14.3 Å². The van der Waals surface area contributed by atoms with E-state index in [-0.39, 0.29) is 17.3 Å². The molecule has 1 aromatic carbocycles. The maximum absolute atomic E-state index is 12.6. The van der Waals surface area contributed by atoms with Gasteiger partial charge in [0.15, 0.2) is 5.78 Å². The molecule has 126 valence electrons. The smallest absolute Gasteiger partial charge is 0.341 e. The number of ketones is 1. The second-order valence-electron chi connectivity index (χ2n) is 6.72. The molecule has 2 aromatic rings. The topological polar surface area (TPSA) is 67.2 Å². The molecular weight excluding hydrogens is 334 g/mol. The zero-order chi connectivity index (χ0) is 17.4. The van der Waals surface area contributed by atoms with Gasteiger partial charge in [-0.25, -0.2) is 4.79 Å². The molecule has 5 heteroatoms. The standard InChI is InChI=1S/C20H17NO3S/c21-9-14-2-1-3-16-15(11-25-19(14)16)8-17(18(22)13-6-7-13)20(23)24-10-12-4-5-12/h1-3,8,11-13H,4-7,10H2/b17-8-. The lowest BCUT2D eigenvalue weighted by atomic mass is 10.0. The average Bonchev–Trinajstić information content (AvgIpc) is 3.54. The van der Waals surface area contributed by atoms with Crippen molar-refractivity contribution in [2.24, 2.45) is 11.8 Å². The lowest BCUT2D eigenvalue weighted by Gasteiger charge is -2.07. The van der Waals surface area contributed by atoms with Gasteiger partial charge in [0.25, 0.3) is 0 Å². The summed E-state index contributed by atoms with van der Waals surface area (Å²) >= 11 is 1.45. The zero-order valence-electron chi connectivity index (χ0n) is 13.7. The van der Waals surface area contributed by atoms with Crippen molar-refractivity contribution < 1.29 is 14.3 Å². The predicted molar refractivity (Wildman–Crippen MR) is 95.9 cm³/mol. The summed E-state index contributed by atoms with van der Waals surface area (Å²) in [6, 6.07) is 7.68. The van der Waals surface area contributed by atoms with E-state index in [1.165, 1.54) is 11.3 Å². The molecule has 0 bridgehead atoms. The lowest BCUT2D eigenvalue weighted by molar-refractivity contribution is -0.141. The Balaban J connectivity index is 1.69. The number of carbonyl (C=O) groups is 2.